The average molecular weight is 245 g/mol. The monoisotopic (exact) mass is 245 g/mol. The molecule has 1 atom stereocenters. The first-order valence-electron chi connectivity index (χ1n) is 6.68. The van der Waals surface area contributed by atoms with Crippen molar-refractivity contribution in [2.45, 2.75) is 45.1 Å². The number of fused-ring (bicyclic) bond motifs is 1. The van der Waals surface area contributed by atoms with Crippen LogP contribution >= 0.6 is 0 Å². The molecule has 1 aliphatic rings. The fourth-order valence-electron chi connectivity index (χ4n) is 2.96. The van der Waals surface area contributed by atoms with E-state index in [0.29, 0.717) is 0 Å². The van der Waals surface area contributed by atoms with Gasteiger partial charge in [0.1, 0.15) is 6.33 Å². The Hall–Kier alpha value is -1.49. The van der Waals surface area contributed by atoms with Crippen LogP contribution < -0.4 is 5.32 Å². The molecule has 1 fully saturated rings. The maximum atomic E-state index is 4.42. The lowest BCUT2D eigenvalue weighted by Gasteiger charge is -2.27. The van der Waals surface area contributed by atoms with E-state index in [4.69, 9.17) is 0 Å². The topological polar surface area (TPSA) is 55.1 Å². The van der Waals surface area contributed by atoms with Gasteiger partial charge >= 0.3 is 0 Å². The summed E-state index contributed by atoms with van der Waals surface area (Å²) in [6, 6.07) is 1.98. The number of hydrogen-bond acceptors (Lipinski definition) is 4. The molecule has 1 aliphatic heterocycles. The maximum Gasteiger partial charge on any atom is 0.163 e. The Morgan fingerprint density at radius 1 is 1.44 bits per heavy atom. The predicted octanol–water partition coefficient (Wildman–Crippen LogP) is 1.81. The molecule has 96 valence electrons. The van der Waals surface area contributed by atoms with Crippen LogP contribution in [0.2, 0.25) is 0 Å². The molecule has 18 heavy (non-hydrogen) atoms. The highest BCUT2D eigenvalue weighted by atomic mass is 15.3. The number of nitrogens with zero attached hydrogens (tertiary/aromatic N) is 4. The summed E-state index contributed by atoms with van der Waals surface area (Å²) in [5.74, 6) is 1.02. The lowest BCUT2D eigenvalue weighted by molar-refractivity contribution is 0.331. The van der Waals surface area contributed by atoms with Crippen molar-refractivity contribution in [2.24, 2.45) is 0 Å². The van der Waals surface area contributed by atoms with Crippen molar-refractivity contribution < 1.29 is 0 Å². The van der Waals surface area contributed by atoms with Crippen molar-refractivity contribution in [2.75, 3.05) is 6.54 Å². The molecule has 1 unspecified atom stereocenters. The normalized spacial score (nSPS) is 23.9. The van der Waals surface area contributed by atoms with Crippen LogP contribution in [0.3, 0.4) is 0 Å². The van der Waals surface area contributed by atoms with Gasteiger partial charge < -0.3 is 5.32 Å². The SMILES string of the molecule is CCCC1(c2nnc3cc(C)ncn23)CCCN1. The predicted molar refractivity (Wildman–Crippen MR) is 69.3 cm³/mol. The minimum absolute atomic E-state index is 0.00882. The molecule has 0 amide bonds. The van der Waals surface area contributed by atoms with Gasteiger partial charge in [0, 0.05) is 11.8 Å². The van der Waals surface area contributed by atoms with Gasteiger partial charge in [0.15, 0.2) is 11.5 Å². The number of rotatable bonds is 3. The Bertz CT molecular complexity index is 554. The summed E-state index contributed by atoms with van der Waals surface area (Å²) < 4.78 is 2.03. The molecule has 5 nitrogen and oxygen atoms in total. The molecule has 0 aliphatic carbocycles. The standard InChI is InChI=1S/C13H19N5/c1-3-5-13(6-4-7-15-13)12-17-16-11-8-10(2)14-9-18(11)12/h8-9,15H,3-7H2,1-2H3. The zero-order chi connectivity index (χ0) is 12.6. The average Bonchev–Trinajstić information content (AvgIpc) is 2.96. The minimum Gasteiger partial charge on any atom is -0.305 e. The summed E-state index contributed by atoms with van der Waals surface area (Å²) in [5.41, 5.74) is 1.86. The number of aromatic nitrogens is 4. The van der Waals surface area contributed by atoms with Crippen molar-refractivity contribution in [3.05, 3.63) is 23.9 Å². The van der Waals surface area contributed by atoms with Gasteiger partial charge in [-0.2, -0.15) is 0 Å². The van der Waals surface area contributed by atoms with Gasteiger partial charge in [0.05, 0.1) is 5.54 Å². The molecule has 1 N–H and O–H groups in total. The Morgan fingerprint density at radius 3 is 3.06 bits per heavy atom. The third-order valence-electron chi connectivity index (χ3n) is 3.79. The summed E-state index contributed by atoms with van der Waals surface area (Å²) in [4.78, 5) is 4.36. The second kappa shape index (κ2) is 4.31. The van der Waals surface area contributed by atoms with Gasteiger partial charge in [0.25, 0.3) is 0 Å². The van der Waals surface area contributed by atoms with Gasteiger partial charge in [-0.05, 0) is 32.7 Å². The Morgan fingerprint density at radius 2 is 2.33 bits per heavy atom. The van der Waals surface area contributed by atoms with Gasteiger partial charge in [-0.1, -0.05) is 13.3 Å². The number of nitrogens with one attached hydrogen (secondary N) is 1. The quantitative estimate of drug-likeness (QED) is 0.896. The zero-order valence-electron chi connectivity index (χ0n) is 11.0. The molecule has 0 bridgehead atoms. The smallest absolute Gasteiger partial charge is 0.163 e. The van der Waals surface area contributed by atoms with Crippen molar-refractivity contribution in [1.29, 1.82) is 0 Å². The van der Waals surface area contributed by atoms with Crippen molar-refractivity contribution in [3.63, 3.8) is 0 Å². The molecule has 0 spiro atoms. The first-order chi connectivity index (χ1) is 8.75. The summed E-state index contributed by atoms with van der Waals surface area (Å²) in [7, 11) is 0. The van der Waals surface area contributed by atoms with E-state index in [2.05, 4.69) is 27.4 Å². The highest BCUT2D eigenvalue weighted by Crippen LogP contribution is 2.34. The van der Waals surface area contributed by atoms with Crippen molar-refractivity contribution >= 4 is 5.65 Å². The van der Waals surface area contributed by atoms with E-state index in [-0.39, 0.29) is 5.54 Å². The molecular formula is C13H19N5. The molecule has 0 radical (unpaired) electrons. The van der Waals surface area contributed by atoms with Crippen LogP contribution in [0.4, 0.5) is 0 Å². The third-order valence-corrected chi connectivity index (χ3v) is 3.79. The molecule has 3 heterocycles. The lowest BCUT2D eigenvalue weighted by Crippen LogP contribution is -2.38. The summed E-state index contributed by atoms with van der Waals surface area (Å²) in [6.07, 6.45) is 6.42. The first kappa shape index (κ1) is 11.6. The molecule has 1 saturated heterocycles. The lowest BCUT2D eigenvalue weighted by atomic mass is 9.91. The van der Waals surface area contributed by atoms with Gasteiger partial charge in [0.2, 0.25) is 0 Å². The fourth-order valence-corrected chi connectivity index (χ4v) is 2.96. The van der Waals surface area contributed by atoms with Gasteiger partial charge in [-0.15, -0.1) is 10.2 Å². The molecule has 3 rings (SSSR count). The van der Waals surface area contributed by atoms with Crippen LogP contribution in [0, 0.1) is 6.92 Å². The largest absolute Gasteiger partial charge is 0.305 e. The van der Waals surface area contributed by atoms with Crippen LogP contribution in [-0.4, -0.2) is 26.1 Å². The Kier molecular flexibility index (Phi) is 2.78. The van der Waals surface area contributed by atoms with Gasteiger partial charge in [-0.25, -0.2) is 4.98 Å². The molecular weight excluding hydrogens is 226 g/mol. The van der Waals surface area contributed by atoms with E-state index < -0.39 is 0 Å². The Labute approximate surface area is 107 Å². The van der Waals surface area contributed by atoms with Crippen molar-refractivity contribution in [1.82, 2.24) is 24.9 Å². The molecule has 0 aromatic carbocycles. The van der Waals surface area contributed by atoms with Crippen LogP contribution in [0.1, 0.15) is 44.1 Å². The van der Waals surface area contributed by atoms with E-state index in [1.807, 2.05) is 23.7 Å². The number of hydrogen-bond donors (Lipinski definition) is 1. The van der Waals surface area contributed by atoms with Gasteiger partial charge in [-0.3, -0.25) is 4.40 Å². The van der Waals surface area contributed by atoms with E-state index >= 15 is 0 Å². The van der Waals surface area contributed by atoms with Crippen LogP contribution in [-0.2, 0) is 5.54 Å². The Balaban J connectivity index is 2.12. The van der Waals surface area contributed by atoms with E-state index in [9.17, 15) is 0 Å². The second-order valence-electron chi connectivity index (χ2n) is 5.14. The van der Waals surface area contributed by atoms with E-state index in [1.165, 1.54) is 6.42 Å². The summed E-state index contributed by atoms with van der Waals surface area (Å²) >= 11 is 0. The van der Waals surface area contributed by atoms with Crippen LogP contribution in [0.25, 0.3) is 5.65 Å². The second-order valence-corrected chi connectivity index (χ2v) is 5.14. The maximum absolute atomic E-state index is 4.42. The third kappa shape index (κ3) is 1.70. The minimum atomic E-state index is -0.00882. The van der Waals surface area contributed by atoms with E-state index in [1.54, 1.807) is 0 Å². The zero-order valence-corrected chi connectivity index (χ0v) is 11.0. The molecule has 2 aromatic heterocycles. The van der Waals surface area contributed by atoms with Crippen LogP contribution in [0.5, 0.6) is 0 Å². The summed E-state index contributed by atoms with van der Waals surface area (Å²) in [6.45, 7) is 5.26. The van der Waals surface area contributed by atoms with E-state index in [0.717, 1.165) is 43.0 Å². The first-order valence-corrected chi connectivity index (χ1v) is 6.68. The molecule has 0 saturated carbocycles. The highest BCUT2D eigenvalue weighted by molar-refractivity contribution is 5.39. The number of aryl methyl sites for hydroxylation is 1. The molecule has 5 heteroatoms. The van der Waals surface area contributed by atoms with Crippen LogP contribution in [0.15, 0.2) is 12.4 Å². The molecule has 2 aromatic rings. The highest BCUT2D eigenvalue weighted by Gasteiger charge is 2.38. The van der Waals surface area contributed by atoms with Crippen molar-refractivity contribution in [3.8, 4) is 0 Å². The fraction of sp³-hybridized carbons (Fsp3) is 0.615. The summed E-state index contributed by atoms with van der Waals surface area (Å²) in [5, 5.41) is 12.3.